The Balaban J connectivity index is 2.77. The number of hydrogen-bond donors (Lipinski definition) is 0. The van der Waals surface area contributed by atoms with E-state index >= 15 is 0 Å². The number of aromatic nitrogens is 1. The number of carbonyl (C=O) groups is 1. The third kappa shape index (κ3) is 2.11. The van der Waals surface area contributed by atoms with Crippen molar-refractivity contribution in [2.24, 2.45) is 0 Å². The summed E-state index contributed by atoms with van der Waals surface area (Å²) in [7, 11) is 1.32. The number of ether oxygens (including phenoxy) is 1. The SMILES string of the molecule is COC(=O)c1cc(Cl)c2cc(C)cc(C)c2n1. The monoisotopic (exact) mass is 249 g/mol. The van der Waals surface area contributed by atoms with Gasteiger partial charge in [-0.2, -0.15) is 0 Å². The fourth-order valence-electron chi connectivity index (χ4n) is 1.85. The number of fused-ring (bicyclic) bond motifs is 1. The Morgan fingerprint density at radius 2 is 2.00 bits per heavy atom. The van der Waals surface area contributed by atoms with Crippen molar-refractivity contribution >= 4 is 28.5 Å². The van der Waals surface area contributed by atoms with Crippen LogP contribution < -0.4 is 0 Å². The van der Waals surface area contributed by atoms with E-state index in [0.717, 1.165) is 22.0 Å². The van der Waals surface area contributed by atoms with Crippen molar-refractivity contribution in [1.82, 2.24) is 4.98 Å². The van der Waals surface area contributed by atoms with Gasteiger partial charge in [0.25, 0.3) is 0 Å². The second-order valence-electron chi connectivity index (χ2n) is 3.96. The zero-order valence-corrected chi connectivity index (χ0v) is 10.6. The molecule has 0 saturated heterocycles. The zero-order chi connectivity index (χ0) is 12.6. The minimum atomic E-state index is -0.478. The second-order valence-corrected chi connectivity index (χ2v) is 4.37. The fraction of sp³-hybridized carbons (Fsp3) is 0.231. The molecule has 0 aliphatic heterocycles. The number of carbonyl (C=O) groups excluding carboxylic acids is 1. The van der Waals surface area contributed by atoms with Crippen LogP contribution in [0.25, 0.3) is 10.9 Å². The largest absolute Gasteiger partial charge is 0.464 e. The Bertz CT molecular complexity index is 608. The topological polar surface area (TPSA) is 39.2 Å². The van der Waals surface area contributed by atoms with Gasteiger partial charge >= 0.3 is 5.97 Å². The Labute approximate surface area is 104 Å². The molecule has 0 aliphatic rings. The molecule has 88 valence electrons. The van der Waals surface area contributed by atoms with Gasteiger partial charge < -0.3 is 4.74 Å². The molecular weight excluding hydrogens is 238 g/mol. The highest BCUT2D eigenvalue weighted by Crippen LogP contribution is 2.27. The Kier molecular flexibility index (Phi) is 3.03. The fourth-order valence-corrected chi connectivity index (χ4v) is 2.10. The molecule has 0 spiro atoms. The molecule has 1 aromatic carbocycles. The predicted molar refractivity (Wildman–Crippen MR) is 67.6 cm³/mol. The van der Waals surface area contributed by atoms with Crippen molar-refractivity contribution in [3.8, 4) is 0 Å². The molecule has 3 nitrogen and oxygen atoms in total. The average molecular weight is 250 g/mol. The van der Waals surface area contributed by atoms with Crippen molar-refractivity contribution in [1.29, 1.82) is 0 Å². The van der Waals surface area contributed by atoms with E-state index in [4.69, 9.17) is 11.6 Å². The summed E-state index contributed by atoms with van der Waals surface area (Å²) in [5.41, 5.74) is 3.08. The van der Waals surface area contributed by atoms with Crippen molar-refractivity contribution in [2.75, 3.05) is 7.11 Å². The molecule has 2 aromatic rings. The lowest BCUT2D eigenvalue weighted by atomic mass is 10.1. The smallest absolute Gasteiger partial charge is 0.356 e. The van der Waals surface area contributed by atoms with Crippen LogP contribution in [0.2, 0.25) is 5.02 Å². The van der Waals surface area contributed by atoms with Crippen molar-refractivity contribution in [3.05, 3.63) is 40.0 Å². The maximum Gasteiger partial charge on any atom is 0.356 e. The Morgan fingerprint density at radius 1 is 1.29 bits per heavy atom. The van der Waals surface area contributed by atoms with Crippen LogP contribution in [0.4, 0.5) is 0 Å². The quantitative estimate of drug-likeness (QED) is 0.728. The molecule has 0 saturated carbocycles. The molecule has 2 rings (SSSR count). The molecular formula is C13H12ClNO2. The molecule has 4 heteroatoms. The summed E-state index contributed by atoms with van der Waals surface area (Å²) in [5, 5.41) is 1.37. The number of aryl methyl sites for hydroxylation is 2. The first kappa shape index (κ1) is 11.9. The molecule has 1 aromatic heterocycles. The number of esters is 1. The number of rotatable bonds is 1. The van der Waals surface area contributed by atoms with Gasteiger partial charge in [0.05, 0.1) is 17.6 Å². The first-order chi connectivity index (χ1) is 8.02. The maximum absolute atomic E-state index is 11.4. The minimum absolute atomic E-state index is 0.233. The number of halogens is 1. The van der Waals surface area contributed by atoms with Crippen LogP contribution in [0.1, 0.15) is 21.6 Å². The lowest BCUT2D eigenvalue weighted by Gasteiger charge is -2.07. The first-order valence-electron chi connectivity index (χ1n) is 5.18. The molecule has 0 N–H and O–H groups in total. The van der Waals surface area contributed by atoms with Crippen LogP contribution >= 0.6 is 11.6 Å². The van der Waals surface area contributed by atoms with Crippen molar-refractivity contribution in [2.45, 2.75) is 13.8 Å². The number of hydrogen-bond acceptors (Lipinski definition) is 3. The van der Waals surface area contributed by atoms with Gasteiger partial charge in [-0.15, -0.1) is 0 Å². The summed E-state index contributed by atoms with van der Waals surface area (Å²) in [6.07, 6.45) is 0. The summed E-state index contributed by atoms with van der Waals surface area (Å²) in [5.74, 6) is -0.478. The van der Waals surface area contributed by atoms with Crippen LogP contribution in [0.3, 0.4) is 0 Å². The summed E-state index contributed by atoms with van der Waals surface area (Å²) in [6, 6.07) is 5.50. The Morgan fingerprint density at radius 3 is 2.65 bits per heavy atom. The van der Waals surface area contributed by atoms with Crippen LogP contribution in [0, 0.1) is 13.8 Å². The highest BCUT2D eigenvalue weighted by Gasteiger charge is 2.12. The van der Waals surface area contributed by atoms with Gasteiger partial charge in [-0.25, -0.2) is 9.78 Å². The highest BCUT2D eigenvalue weighted by molar-refractivity contribution is 6.35. The predicted octanol–water partition coefficient (Wildman–Crippen LogP) is 3.29. The molecule has 0 amide bonds. The third-order valence-corrected chi connectivity index (χ3v) is 2.91. The molecule has 1 heterocycles. The molecule has 0 bridgehead atoms. The Hall–Kier alpha value is -1.61. The lowest BCUT2D eigenvalue weighted by Crippen LogP contribution is -2.05. The van der Waals surface area contributed by atoms with Gasteiger partial charge in [0.1, 0.15) is 0 Å². The number of methoxy groups -OCH3 is 1. The first-order valence-corrected chi connectivity index (χ1v) is 5.56. The van der Waals surface area contributed by atoms with E-state index in [1.165, 1.54) is 13.2 Å². The number of benzene rings is 1. The van der Waals surface area contributed by atoms with Gasteiger partial charge in [-0.05, 0) is 31.5 Å². The van der Waals surface area contributed by atoms with Crippen molar-refractivity contribution < 1.29 is 9.53 Å². The van der Waals surface area contributed by atoms with Crippen LogP contribution in [-0.2, 0) is 4.74 Å². The van der Waals surface area contributed by atoms with Gasteiger partial charge in [-0.1, -0.05) is 23.2 Å². The molecule has 0 aliphatic carbocycles. The highest BCUT2D eigenvalue weighted by atomic mass is 35.5. The standard InChI is InChI=1S/C13H12ClNO2/c1-7-4-8(2)12-9(5-7)10(14)6-11(15-12)13(16)17-3/h4-6H,1-3H3. The third-order valence-electron chi connectivity index (χ3n) is 2.59. The van der Waals surface area contributed by atoms with E-state index in [1.807, 2.05) is 26.0 Å². The molecule has 0 fully saturated rings. The summed E-state index contributed by atoms with van der Waals surface area (Å²) in [6.45, 7) is 3.94. The van der Waals surface area contributed by atoms with Crippen LogP contribution in [-0.4, -0.2) is 18.1 Å². The van der Waals surface area contributed by atoms with E-state index in [9.17, 15) is 4.79 Å². The number of pyridine rings is 1. The van der Waals surface area contributed by atoms with Gasteiger partial charge in [-0.3, -0.25) is 0 Å². The summed E-state index contributed by atoms with van der Waals surface area (Å²) >= 11 is 6.16. The van der Waals surface area contributed by atoms with E-state index in [0.29, 0.717) is 5.02 Å². The van der Waals surface area contributed by atoms with E-state index in [-0.39, 0.29) is 5.69 Å². The summed E-state index contributed by atoms with van der Waals surface area (Å²) in [4.78, 5) is 15.7. The lowest BCUT2D eigenvalue weighted by molar-refractivity contribution is 0.0594. The van der Waals surface area contributed by atoms with Crippen LogP contribution in [0.15, 0.2) is 18.2 Å². The van der Waals surface area contributed by atoms with Gasteiger partial charge in [0, 0.05) is 5.39 Å². The minimum Gasteiger partial charge on any atom is -0.464 e. The number of nitrogens with zero attached hydrogens (tertiary/aromatic N) is 1. The van der Waals surface area contributed by atoms with E-state index in [1.54, 1.807) is 0 Å². The maximum atomic E-state index is 11.4. The van der Waals surface area contributed by atoms with Crippen LogP contribution in [0.5, 0.6) is 0 Å². The molecule has 0 radical (unpaired) electrons. The normalized spacial score (nSPS) is 10.6. The van der Waals surface area contributed by atoms with E-state index in [2.05, 4.69) is 9.72 Å². The zero-order valence-electron chi connectivity index (χ0n) is 9.87. The van der Waals surface area contributed by atoms with Gasteiger partial charge in [0.2, 0.25) is 0 Å². The summed E-state index contributed by atoms with van der Waals surface area (Å²) < 4.78 is 4.64. The molecule has 17 heavy (non-hydrogen) atoms. The second kappa shape index (κ2) is 4.34. The molecule has 0 atom stereocenters. The average Bonchev–Trinajstić information content (AvgIpc) is 2.29. The van der Waals surface area contributed by atoms with Gasteiger partial charge in [0.15, 0.2) is 5.69 Å². The van der Waals surface area contributed by atoms with Crippen molar-refractivity contribution in [3.63, 3.8) is 0 Å². The molecule has 0 unspecified atom stereocenters. The van der Waals surface area contributed by atoms with E-state index < -0.39 is 5.97 Å².